The number of aromatic amines is 1. The highest BCUT2D eigenvalue weighted by atomic mass is 16.4. The lowest BCUT2D eigenvalue weighted by atomic mass is 10.0. The van der Waals surface area contributed by atoms with Gasteiger partial charge in [0.1, 0.15) is 6.04 Å². The maximum absolute atomic E-state index is 12.3. The molecule has 7 heteroatoms. The summed E-state index contributed by atoms with van der Waals surface area (Å²) in [7, 11) is 0. The molecule has 0 aromatic carbocycles. The summed E-state index contributed by atoms with van der Waals surface area (Å²) in [6.45, 7) is 3.81. The molecular formula is C15H18N4O3. The number of hydrogen-bond donors (Lipinski definition) is 3. The van der Waals surface area contributed by atoms with Crippen LogP contribution in [-0.4, -0.2) is 38.2 Å². The van der Waals surface area contributed by atoms with Gasteiger partial charge in [0.15, 0.2) is 0 Å². The summed E-state index contributed by atoms with van der Waals surface area (Å²) in [4.78, 5) is 27.5. The van der Waals surface area contributed by atoms with Crippen molar-refractivity contribution >= 4 is 11.9 Å². The SMILES string of the molecule is CC(C)C[C@@H](NC(=O)c1cn[nH]c1-c1ccncc1)C(=O)O. The molecule has 0 unspecified atom stereocenters. The molecule has 0 aliphatic rings. The molecule has 0 spiro atoms. The van der Waals surface area contributed by atoms with E-state index in [-0.39, 0.29) is 5.92 Å². The molecule has 0 radical (unpaired) electrons. The lowest BCUT2D eigenvalue weighted by Gasteiger charge is -2.16. The number of amides is 1. The second-order valence-electron chi connectivity index (χ2n) is 5.39. The smallest absolute Gasteiger partial charge is 0.326 e. The number of nitrogens with zero attached hydrogens (tertiary/aromatic N) is 2. The Kier molecular flexibility index (Phi) is 4.88. The van der Waals surface area contributed by atoms with E-state index in [4.69, 9.17) is 0 Å². The van der Waals surface area contributed by atoms with Gasteiger partial charge >= 0.3 is 5.97 Å². The standard InChI is InChI=1S/C15H18N4O3/c1-9(2)7-12(15(21)22)18-14(20)11-8-17-19-13(11)10-3-5-16-6-4-10/h3-6,8-9,12H,7H2,1-2H3,(H,17,19)(H,18,20)(H,21,22)/t12-/m1/s1. The van der Waals surface area contributed by atoms with Gasteiger partial charge in [-0.05, 0) is 24.5 Å². The number of aliphatic carboxylic acids is 1. The van der Waals surface area contributed by atoms with Gasteiger partial charge in [0.25, 0.3) is 5.91 Å². The van der Waals surface area contributed by atoms with Crippen molar-refractivity contribution in [3.05, 3.63) is 36.3 Å². The second-order valence-corrected chi connectivity index (χ2v) is 5.39. The summed E-state index contributed by atoms with van der Waals surface area (Å²) < 4.78 is 0. The van der Waals surface area contributed by atoms with Crippen LogP contribution in [0.4, 0.5) is 0 Å². The Bertz CT molecular complexity index is 652. The Balaban J connectivity index is 2.20. The molecule has 2 rings (SSSR count). The van der Waals surface area contributed by atoms with E-state index in [1.54, 1.807) is 24.5 Å². The summed E-state index contributed by atoms with van der Waals surface area (Å²) in [5.41, 5.74) is 1.60. The molecule has 1 amide bonds. The molecule has 3 N–H and O–H groups in total. The predicted molar refractivity (Wildman–Crippen MR) is 80.2 cm³/mol. The number of hydrogen-bond acceptors (Lipinski definition) is 4. The van der Waals surface area contributed by atoms with E-state index in [0.717, 1.165) is 5.56 Å². The van der Waals surface area contributed by atoms with Gasteiger partial charge in [-0.1, -0.05) is 13.8 Å². The van der Waals surface area contributed by atoms with Crippen LogP contribution in [0.5, 0.6) is 0 Å². The Morgan fingerprint density at radius 2 is 2.00 bits per heavy atom. The maximum atomic E-state index is 12.3. The van der Waals surface area contributed by atoms with E-state index in [9.17, 15) is 14.7 Å². The van der Waals surface area contributed by atoms with Gasteiger partial charge in [0, 0.05) is 18.0 Å². The van der Waals surface area contributed by atoms with Crippen LogP contribution >= 0.6 is 0 Å². The van der Waals surface area contributed by atoms with Crippen molar-refractivity contribution in [2.75, 3.05) is 0 Å². The van der Waals surface area contributed by atoms with Gasteiger partial charge in [-0.3, -0.25) is 14.9 Å². The fourth-order valence-corrected chi connectivity index (χ4v) is 2.13. The number of H-pyrrole nitrogens is 1. The van der Waals surface area contributed by atoms with Crippen LogP contribution in [-0.2, 0) is 4.79 Å². The first-order valence-corrected chi connectivity index (χ1v) is 6.96. The van der Waals surface area contributed by atoms with Gasteiger partial charge in [0.05, 0.1) is 17.5 Å². The second kappa shape index (κ2) is 6.84. The fraction of sp³-hybridized carbons (Fsp3) is 0.333. The van der Waals surface area contributed by atoms with Crippen LogP contribution in [0.1, 0.15) is 30.6 Å². The first kappa shape index (κ1) is 15.7. The molecule has 22 heavy (non-hydrogen) atoms. The van der Waals surface area contributed by atoms with Gasteiger partial charge in [0.2, 0.25) is 0 Å². The minimum absolute atomic E-state index is 0.158. The van der Waals surface area contributed by atoms with Crippen LogP contribution in [0.3, 0.4) is 0 Å². The molecule has 116 valence electrons. The average Bonchev–Trinajstić information content (AvgIpc) is 2.96. The third-order valence-electron chi connectivity index (χ3n) is 3.16. The molecule has 7 nitrogen and oxygen atoms in total. The van der Waals surface area contributed by atoms with Crippen LogP contribution in [0, 0.1) is 5.92 Å². The quantitative estimate of drug-likeness (QED) is 0.752. The summed E-state index contributed by atoms with van der Waals surface area (Å²) >= 11 is 0. The summed E-state index contributed by atoms with van der Waals surface area (Å²) in [6.07, 6.45) is 4.97. The minimum Gasteiger partial charge on any atom is -0.480 e. The third kappa shape index (κ3) is 3.69. The van der Waals surface area contributed by atoms with E-state index >= 15 is 0 Å². The lowest BCUT2D eigenvalue weighted by molar-refractivity contribution is -0.139. The molecule has 0 bridgehead atoms. The molecule has 2 aromatic rings. The summed E-state index contributed by atoms with van der Waals surface area (Å²) in [5.74, 6) is -1.35. The zero-order valence-electron chi connectivity index (χ0n) is 12.4. The number of carboxylic acids is 1. The third-order valence-corrected chi connectivity index (χ3v) is 3.16. The normalized spacial score (nSPS) is 12.1. The van der Waals surface area contributed by atoms with Gasteiger partial charge < -0.3 is 10.4 Å². The van der Waals surface area contributed by atoms with E-state index in [1.165, 1.54) is 6.20 Å². The van der Waals surface area contributed by atoms with Crippen LogP contribution in [0.2, 0.25) is 0 Å². The predicted octanol–water partition coefficient (Wildman–Crippen LogP) is 1.70. The van der Waals surface area contributed by atoms with E-state index in [2.05, 4.69) is 20.5 Å². The molecule has 0 aliphatic heterocycles. The topological polar surface area (TPSA) is 108 Å². The molecule has 0 fully saturated rings. The Morgan fingerprint density at radius 3 is 2.59 bits per heavy atom. The van der Waals surface area contributed by atoms with Crippen LogP contribution in [0.25, 0.3) is 11.3 Å². The van der Waals surface area contributed by atoms with E-state index < -0.39 is 17.9 Å². The largest absolute Gasteiger partial charge is 0.480 e. The van der Waals surface area contributed by atoms with E-state index in [1.807, 2.05) is 13.8 Å². The monoisotopic (exact) mass is 302 g/mol. The lowest BCUT2D eigenvalue weighted by Crippen LogP contribution is -2.41. The van der Waals surface area contributed by atoms with Crippen LogP contribution < -0.4 is 5.32 Å². The highest BCUT2D eigenvalue weighted by Crippen LogP contribution is 2.20. The Morgan fingerprint density at radius 1 is 1.32 bits per heavy atom. The van der Waals surface area contributed by atoms with E-state index in [0.29, 0.717) is 17.7 Å². The van der Waals surface area contributed by atoms with Crippen molar-refractivity contribution in [2.24, 2.45) is 5.92 Å². The molecule has 1 atom stereocenters. The van der Waals surface area contributed by atoms with Crippen molar-refractivity contribution in [3.8, 4) is 11.3 Å². The fourth-order valence-electron chi connectivity index (χ4n) is 2.13. The zero-order chi connectivity index (χ0) is 16.1. The first-order chi connectivity index (χ1) is 10.5. The molecule has 0 saturated carbocycles. The first-order valence-electron chi connectivity index (χ1n) is 6.96. The number of carbonyl (C=O) groups is 2. The summed E-state index contributed by atoms with van der Waals surface area (Å²) in [6, 6.07) is 2.56. The number of rotatable bonds is 6. The van der Waals surface area contributed by atoms with Crippen molar-refractivity contribution < 1.29 is 14.7 Å². The van der Waals surface area contributed by atoms with Gasteiger partial charge in [-0.2, -0.15) is 5.10 Å². The zero-order valence-corrected chi connectivity index (χ0v) is 12.4. The number of carbonyl (C=O) groups excluding carboxylic acids is 1. The van der Waals surface area contributed by atoms with Gasteiger partial charge in [-0.25, -0.2) is 4.79 Å². The molecule has 0 aliphatic carbocycles. The van der Waals surface area contributed by atoms with Crippen LogP contribution in [0.15, 0.2) is 30.7 Å². The summed E-state index contributed by atoms with van der Waals surface area (Å²) in [5, 5.41) is 18.4. The van der Waals surface area contributed by atoms with Gasteiger partial charge in [-0.15, -0.1) is 0 Å². The number of carboxylic acid groups (broad SMARTS) is 1. The molecule has 0 saturated heterocycles. The maximum Gasteiger partial charge on any atom is 0.326 e. The highest BCUT2D eigenvalue weighted by molar-refractivity contribution is 6.01. The molecule has 2 heterocycles. The number of aromatic nitrogens is 3. The minimum atomic E-state index is -1.05. The molecule has 2 aromatic heterocycles. The van der Waals surface area contributed by atoms with Crippen molar-refractivity contribution in [1.82, 2.24) is 20.5 Å². The van der Waals surface area contributed by atoms with Crippen molar-refractivity contribution in [2.45, 2.75) is 26.3 Å². The highest BCUT2D eigenvalue weighted by Gasteiger charge is 2.24. The Labute approximate surface area is 127 Å². The van der Waals surface area contributed by atoms with Crippen molar-refractivity contribution in [3.63, 3.8) is 0 Å². The Hall–Kier alpha value is -2.70. The molecular weight excluding hydrogens is 284 g/mol. The average molecular weight is 302 g/mol. The number of nitrogens with one attached hydrogen (secondary N) is 2. The van der Waals surface area contributed by atoms with Crippen molar-refractivity contribution in [1.29, 1.82) is 0 Å². The number of pyridine rings is 1.